The average molecular weight is 282 g/mol. The predicted molar refractivity (Wildman–Crippen MR) is 73.1 cm³/mol. The molecule has 0 radical (unpaired) electrons. The van der Waals surface area contributed by atoms with Crippen LogP contribution >= 0.6 is 0 Å². The number of hydrogen-bond donors (Lipinski definition) is 0. The number of rotatable bonds is 4. The van der Waals surface area contributed by atoms with Crippen molar-refractivity contribution in [2.45, 2.75) is 30.9 Å². The fourth-order valence-electron chi connectivity index (χ4n) is 2.37. The van der Waals surface area contributed by atoms with Gasteiger partial charge in [-0.15, -0.1) is 0 Å². The summed E-state index contributed by atoms with van der Waals surface area (Å²) in [5.41, 5.74) is 0.826. The fourth-order valence-corrected chi connectivity index (χ4v) is 4.28. The molecule has 0 bridgehead atoms. The first kappa shape index (κ1) is 14.1. The number of Topliss-reactive ketones (excluding diaryl/α,β-unsaturated/α-hetero) is 1. The second-order valence-electron chi connectivity index (χ2n) is 4.84. The van der Waals surface area contributed by atoms with Crippen molar-refractivity contribution in [3.05, 3.63) is 29.8 Å². The van der Waals surface area contributed by atoms with E-state index < -0.39 is 15.1 Å². The van der Waals surface area contributed by atoms with Gasteiger partial charge in [-0.25, -0.2) is 8.42 Å². The molecule has 1 fully saturated rings. The highest BCUT2D eigenvalue weighted by Gasteiger charge is 2.34. The van der Waals surface area contributed by atoms with Gasteiger partial charge in [0, 0.05) is 6.42 Å². The van der Waals surface area contributed by atoms with Gasteiger partial charge < -0.3 is 4.74 Å². The second-order valence-corrected chi connectivity index (χ2v) is 7.15. The van der Waals surface area contributed by atoms with Gasteiger partial charge in [0.25, 0.3) is 0 Å². The van der Waals surface area contributed by atoms with Crippen LogP contribution in [-0.2, 0) is 21.1 Å². The normalized spacial score (nSPS) is 21.8. The molecule has 0 N–H and O–H groups in total. The summed E-state index contributed by atoms with van der Waals surface area (Å²) in [7, 11) is -1.65. The molecule has 5 heteroatoms. The van der Waals surface area contributed by atoms with Crippen LogP contribution in [0.5, 0.6) is 5.75 Å². The Morgan fingerprint density at radius 2 is 1.95 bits per heavy atom. The topological polar surface area (TPSA) is 60.4 Å². The van der Waals surface area contributed by atoms with E-state index in [1.165, 1.54) is 0 Å². The van der Waals surface area contributed by atoms with Crippen molar-refractivity contribution < 1.29 is 17.9 Å². The Morgan fingerprint density at radius 3 is 2.53 bits per heavy atom. The third-order valence-corrected chi connectivity index (χ3v) is 5.70. The molecule has 1 aliphatic rings. The zero-order valence-corrected chi connectivity index (χ0v) is 11.8. The van der Waals surface area contributed by atoms with Gasteiger partial charge in [-0.3, -0.25) is 4.79 Å². The Hall–Kier alpha value is -1.36. The molecule has 0 saturated carbocycles. The Labute approximate surface area is 113 Å². The Morgan fingerprint density at radius 1 is 1.26 bits per heavy atom. The van der Waals surface area contributed by atoms with E-state index in [0.29, 0.717) is 12.8 Å². The first-order chi connectivity index (χ1) is 9.03. The number of ether oxygens (including phenoxy) is 1. The van der Waals surface area contributed by atoms with Crippen LogP contribution in [0.4, 0.5) is 0 Å². The number of hydrogen-bond acceptors (Lipinski definition) is 4. The van der Waals surface area contributed by atoms with Gasteiger partial charge in [-0.2, -0.15) is 0 Å². The van der Waals surface area contributed by atoms with Crippen LogP contribution in [0.3, 0.4) is 0 Å². The van der Waals surface area contributed by atoms with Crippen LogP contribution in [0, 0.1) is 0 Å². The van der Waals surface area contributed by atoms with Gasteiger partial charge in [0.2, 0.25) is 0 Å². The summed E-state index contributed by atoms with van der Waals surface area (Å²) < 4.78 is 28.8. The van der Waals surface area contributed by atoms with Gasteiger partial charge in [-0.05, 0) is 30.5 Å². The molecule has 0 spiro atoms. The van der Waals surface area contributed by atoms with Crippen LogP contribution in [0.15, 0.2) is 24.3 Å². The quantitative estimate of drug-likeness (QED) is 0.844. The minimum atomic E-state index is -3.23. The zero-order valence-electron chi connectivity index (χ0n) is 11.0. The van der Waals surface area contributed by atoms with Crippen LogP contribution < -0.4 is 4.74 Å². The fraction of sp³-hybridized carbons (Fsp3) is 0.500. The lowest BCUT2D eigenvalue weighted by Crippen LogP contribution is -2.36. The summed E-state index contributed by atoms with van der Waals surface area (Å²) in [4.78, 5) is 12.1. The highest BCUT2D eigenvalue weighted by molar-refractivity contribution is 7.92. The van der Waals surface area contributed by atoms with Gasteiger partial charge in [-0.1, -0.05) is 18.6 Å². The van der Waals surface area contributed by atoms with Gasteiger partial charge in [0.15, 0.2) is 15.6 Å². The number of ketones is 1. The highest BCUT2D eigenvalue weighted by Crippen LogP contribution is 2.22. The molecule has 0 aromatic heterocycles. The molecule has 1 unspecified atom stereocenters. The van der Waals surface area contributed by atoms with Crippen LogP contribution in [-0.4, -0.2) is 32.3 Å². The Balaban J connectivity index is 2.07. The lowest BCUT2D eigenvalue weighted by molar-refractivity contribution is -0.118. The van der Waals surface area contributed by atoms with E-state index in [1.807, 2.05) is 0 Å². The van der Waals surface area contributed by atoms with E-state index in [2.05, 4.69) is 0 Å². The highest BCUT2D eigenvalue weighted by atomic mass is 32.2. The van der Waals surface area contributed by atoms with E-state index in [9.17, 15) is 13.2 Å². The van der Waals surface area contributed by atoms with Crippen LogP contribution in [0.25, 0.3) is 0 Å². The molecular weight excluding hydrogens is 264 g/mol. The van der Waals surface area contributed by atoms with Crippen molar-refractivity contribution in [1.82, 2.24) is 0 Å². The summed E-state index contributed by atoms with van der Waals surface area (Å²) >= 11 is 0. The monoisotopic (exact) mass is 282 g/mol. The van der Waals surface area contributed by atoms with Crippen molar-refractivity contribution in [3.8, 4) is 5.75 Å². The minimum Gasteiger partial charge on any atom is -0.497 e. The van der Waals surface area contributed by atoms with E-state index in [0.717, 1.165) is 17.7 Å². The van der Waals surface area contributed by atoms with Gasteiger partial charge >= 0.3 is 0 Å². The third-order valence-electron chi connectivity index (χ3n) is 3.48. The minimum absolute atomic E-state index is 0.145. The van der Waals surface area contributed by atoms with Crippen LogP contribution in [0.1, 0.15) is 24.8 Å². The molecule has 4 nitrogen and oxygen atoms in total. The average Bonchev–Trinajstić information content (AvgIpc) is 2.39. The molecular formula is C14H18O4S. The molecule has 1 aromatic carbocycles. The number of benzene rings is 1. The molecule has 0 aliphatic carbocycles. The van der Waals surface area contributed by atoms with Crippen molar-refractivity contribution in [2.24, 2.45) is 0 Å². The Kier molecular flexibility index (Phi) is 4.24. The predicted octanol–water partition coefficient (Wildman–Crippen LogP) is 1.77. The number of carbonyl (C=O) groups is 1. The second kappa shape index (κ2) is 5.74. The maximum absolute atomic E-state index is 12.1. The number of sulfone groups is 1. The molecule has 1 heterocycles. The maximum atomic E-state index is 12.1. The molecule has 1 atom stereocenters. The third kappa shape index (κ3) is 3.35. The lowest BCUT2D eigenvalue weighted by Gasteiger charge is -2.21. The molecule has 1 aliphatic heterocycles. The summed E-state index contributed by atoms with van der Waals surface area (Å²) in [6.07, 6.45) is 2.14. The number of carbonyl (C=O) groups excluding carboxylic acids is 1. The van der Waals surface area contributed by atoms with Crippen molar-refractivity contribution in [3.63, 3.8) is 0 Å². The largest absolute Gasteiger partial charge is 0.497 e. The number of methoxy groups -OCH3 is 1. The zero-order chi connectivity index (χ0) is 13.9. The molecule has 104 valence electrons. The van der Waals surface area contributed by atoms with Crippen molar-refractivity contribution in [1.29, 1.82) is 0 Å². The SMILES string of the molecule is COc1ccc(CC(=O)C2CCCCS2(=O)=O)cc1. The first-order valence-electron chi connectivity index (χ1n) is 6.40. The standard InChI is InChI=1S/C14H18O4S/c1-18-12-7-5-11(6-8-12)10-13(15)14-4-2-3-9-19(14,16)17/h5-8,14H,2-4,9-10H2,1H3. The summed E-state index contributed by atoms with van der Waals surface area (Å²) in [6.45, 7) is 0. The molecule has 0 amide bonds. The lowest BCUT2D eigenvalue weighted by atomic mass is 10.0. The van der Waals surface area contributed by atoms with E-state index >= 15 is 0 Å². The smallest absolute Gasteiger partial charge is 0.160 e. The van der Waals surface area contributed by atoms with E-state index in [-0.39, 0.29) is 18.0 Å². The molecule has 1 aromatic rings. The van der Waals surface area contributed by atoms with Gasteiger partial charge in [0.1, 0.15) is 11.0 Å². The first-order valence-corrected chi connectivity index (χ1v) is 8.12. The summed E-state index contributed by atoms with van der Waals surface area (Å²) in [6, 6.07) is 7.15. The Bertz CT molecular complexity index is 545. The van der Waals surface area contributed by atoms with E-state index in [1.54, 1.807) is 31.4 Å². The molecule has 1 saturated heterocycles. The molecule has 2 rings (SSSR count). The van der Waals surface area contributed by atoms with E-state index in [4.69, 9.17) is 4.74 Å². The summed E-state index contributed by atoms with van der Waals surface area (Å²) in [5, 5.41) is -0.802. The molecule has 19 heavy (non-hydrogen) atoms. The van der Waals surface area contributed by atoms with Crippen LogP contribution in [0.2, 0.25) is 0 Å². The van der Waals surface area contributed by atoms with Gasteiger partial charge in [0.05, 0.1) is 12.9 Å². The van der Waals surface area contributed by atoms with Crippen molar-refractivity contribution >= 4 is 15.6 Å². The summed E-state index contributed by atoms with van der Waals surface area (Å²) in [5.74, 6) is 0.679. The van der Waals surface area contributed by atoms with Crippen molar-refractivity contribution in [2.75, 3.05) is 12.9 Å². The maximum Gasteiger partial charge on any atom is 0.160 e.